The molecule has 0 radical (unpaired) electrons. The topological polar surface area (TPSA) is 229 Å². The second-order valence-corrected chi connectivity index (χ2v) is 21.9. The fraction of sp³-hybridized carbons (Fsp3) is 0.827. The highest BCUT2D eigenvalue weighted by atomic mass is 19.3. The van der Waals surface area contributed by atoms with Crippen molar-refractivity contribution in [2.75, 3.05) is 48.1 Å². The lowest BCUT2D eigenvalue weighted by atomic mass is 9.77. The van der Waals surface area contributed by atoms with E-state index < -0.39 is 134 Å². The molecule has 74 heavy (non-hydrogen) atoms. The third kappa shape index (κ3) is 14.5. The molecule has 0 saturated carbocycles. The summed E-state index contributed by atoms with van der Waals surface area (Å²) >= 11 is 0. The number of hydrogen-bond acceptors (Lipinski definition) is 18. The fourth-order valence-corrected chi connectivity index (χ4v) is 11.4. The molecule has 2 aromatic rings. The average Bonchev–Trinajstić information content (AvgIpc) is 3.82. The predicted molar refractivity (Wildman–Crippen MR) is 265 cm³/mol. The zero-order chi connectivity index (χ0) is 55.2. The number of esters is 1. The number of carbonyl (C=O) groups excluding carboxylic acids is 1. The Bertz CT molecular complexity index is 2040. The van der Waals surface area contributed by atoms with Gasteiger partial charge in [0.05, 0.1) is 47.2 Å². The van der Waals surface area contributed by atoms with Crippen LogP contribution in [0.5, 0.6) is 5.75 Å². The number of methoxy groups -OCH3 is 2. The highest BCUT2D eigenvalue weighted by molar-refractivity contribution is 5.73. The first-order valence-electron chi connectivity index (χ1n) is 25.9. The van der Waals surface area contributed by atoms with Crippen LogP contribution in [0.4, 0.5) is 13.2 Å². The number of aliphatic hydroxyl groups excluding tert-OH is 3. The van der Waals surface area contributed by atoms with Gasteiger partial charge in [0.15, 0.2) is 12.6 Å². The van der Waals surface area contributed by atoms with Crippen LogP contribution in [-0.4, -0.2) is 201 Å². The van der Waals surface area contributed by atoms with Gasteiger partial charge in [-0.25, -0.2) is 9.07 Å². The molecule has 0 aliphatic carbocycles. The molecule has 5 rings (SSSR count). The van der Waals surface area contributed by atoms with Crippen LogP contribution in [0, 0.1) is 17.8 Å². The Morgan fingerprint density at radius 1 is 0.959 bits per heavy atom. The van der Waals surface area contributed by atoms with E-state index >= 15 is 0 Å². The highest BCUT2D eigenvalue weighted by Crippen LogP contribution is 2.41. The summed E-state index contributed by atoms with van der Waals surface area (Å²) in [6.45, 7) is 14.1. The second kappa shape index (κ2) is 26.0. The third-order valence-electron chi connectivity index (χ3n) is 15.9. The van der Waals surface area contributed by atoms with Crippen molar-refractivity contribution in [2.45, 2.75) is 210 Å². The Morgan fingerprint density at radius 3 is 2.22 bits per heavy atom. The Hall–Kier alpha value is -3.10. The van der Waals surface area contributed by atoms with Crippen LogP contribution in [0.1, 0.15) is 118 Å². The van der Waals surface area contributed by atoms with Crippen molar-refractivity contribution in [1.82, 2.24) is 24.8 Å². The Morgan fingerprint density at radius 2 is 1.62 bits per heavy atom. The number of likely N-dealkylation sites (N-methyl/N-ethyl adjacent to an activating group) is 2. The Balaban J connectivity index is 1.43. The molecule has 3 saturated heterocycles. The molecular formula is C52H86F3N5O14. The van der Waals surface area contributed by atoms with Gasteiger partial charge < -0.3 is 73.2 Å². The van der Waals surface area contributed by atoms with Gasteiger partial charge in [-0.2, -0.15) is 8.78 Å². The summed E-state index contributed by atoms with van der Waals surface area (Å²) in [4.78, 5) is 18.3. The van der Waals surface area contributed by atoms with Gasteiger partial charge in [-0.1, -0.05) is 38.1 Å². The lowest BCUT2D eigenvalue weighted by Crippen LogP contribution is -2.61. The van der Waals surface area contributed by atoms with Crippen LogP contribution in [-0.2, 0) is 44.4 Å². The molecule has 0 bridgehead atoms. The highest BCUT2D eigenvalue weighted by Gasteiger charge is 2.53. The van der Waals surface area contributed by atoms with E-state index in [1.807, 2.05) is 37.7 Å². The summed E-state index contributed by atoms with van der Waals surface area (Å²) in [5.74, 6) is -3.02. The van der Waals surface area contributed by atoms with Crippen molar-refractivity contribution < 1.29 is 81.4 Å². The molecule has 0 unspecified atom stereocenters. The van der Waals surface area contributed by atoms with E-state index in [0.717, 1.165) is 0 Å². The number of ether oxygens (including phenoxy) is 8. The van der Waals surface area contributed by atoms with E-state index in [9.17, 15) is 43.5 Å². The van der Waals surface area contributed by atoms with Gasteiger partial charge in [0.25, 0.3) is 0 Å². The SMILES string of the molecule is CC[C@H]1OC(=O)[C@H](C)[C@@H](O[C@H]2C[C@@](C)(OC)[C@@H](O)[C@H](C)O2)[C@H](C)[C@@H](O[C@@H]2O[C@H](C)C[C@H](N(C)CCc3cn([C@H](CF)[C@H](OC)c4ccc(OC(F)F)cc4)nn3)[C@H]2O)[C@](C)(O)C[C@@H](C)CN(C)[C@H](C)[C@@H](O)[C@]1(C)O. The number of alkyl halides is 3. The van der Waals surface area contributed by atoms with Crippen molar-refractivity contribution in [3.63, 3.8) is 0 Å². The number of cyclic esters (lactones) is 1. The molecule has 3 aliphatic heterocycles. The molecule has 0 amide bonds. The summed E-state index contributed by atoms with van der Waals surface area (Å²) < 4.78 is 89.9. The first kappa shape index (κ1) is 61.7. The first-order valence-corrected chi connectivity index (χ1v) is 25.9. The molecule has 19 nitrogen and oxygen atoms in total. The lowest BCUT2D eigenvalue weighted by molar-refractivity contribution is -0.318. The van der Waals surface area contributed by atoms with Crippen LogP contribution in [0.3, 0.4) is 0 Å². The number of aliphatic hydroxyl groups is 5. The van der Waals surface area contributed by atoms with Crippen molar-refractivity contribution in [3.05, 3.63) is 41.7 Å². The Labute approximate surface area is 434 Å². The summed E-state index contributed by atoms with van der Waals surface area (Å²) in [5, 5.41) is 68.2. The maximum Gasteiger partial charge on any atom is 0.387 e. The van der Waals surface area contributed by atoms with Crippen LogP contribution in [0.2, 0.25) is 0 Å². The standard InChI is InChI=1S/C52H86F3N5O14/c1-15-39-52(10,66)44(62)32(6)59(12)26-28(2)23-50(8,65)46(30(4)42(31(5)47(64)72-39)73-40-24-51(9,68-14)45(63)33(7)70-40)74-48-41(61)37(22-29(3)69-48)58(11)21-20-35-27-60(57-56-35)38(25-53)43(67-13)34-16-18-36(19-17-34)71-49(54)55/h16-19,27-33,37-46,48-49,61-63,65-66H,15,20-26H2,1-14H3/t28-,29-,30+,31-,32-,33+,37+,38-,39-,40+,41-,42+,43-,44-,45+,46-,48+,50-,51-,52-/m1/s1. The summed E-state index contributed by atoms with van der Waals surface area (Å²) in [6, 6.07) is 3.66. The number of hydrogen-bond donors (Lipinski definition) is 5. The number of benzene rings is 1. The van der Waals surface area contributed by atoms with Gasteiger partial charge in [0, 0.05) is 64.3 Å². The van der Waals surface area contributed by atoms with Crippen LogP contribution in [0.15, 0.2) is 30.5 Å². The number of rotatable bonds is 17. The minimum absolute atomic E-state index is 0.0500. The van der Waals surface area contributed by atoms with E-state index in [1.54, 1.807) is 54.7 Å². The largest absolute Gasteiger partial charge is 0.459 e. The molecule has 0 spiro atoms. The monoisotopic (exact) mass is 1060 g/mol. The molecule has 5 N–H and O–H groups in total. The Kier molecular flexibility index (Phi) is 21.7. The molecule has 22 heteroatoms. The normalized spacial score (nSPS) is 39.3. The lowest BCUT2D eigenvalue weighted by Gasteiger charge is -2.49. The molecule has 4 heterocycles. The number of halogens is 3. The maximum atomic E-state index is 14.7. The molecule has 424 valence electrons. The second-order valence-electron chi connectivity index (χ2n) is 21.9. The van der Waals surface area contributed by atoms with E-state index in [0.29, 0.717) is 37.2 Å². The van der Waals surface area contributed by atoms with Gasteiger partial charge in [-0.15, -0.1) is 5.10 Å². The molecule has 1 aromatic carbocycles. The molecule has 1 aromatic heterocycles. The molecule has 3 aliphatic rings. The fourth-order valence-electron chi connectivity index (χ4n) is 11.4. The van der Waals surface area contributed by atoms with Crippen LogP contribution >= 0.6 is 0 Å². The minimum atomic E-state index is -2.99. The van der Waals surface area contributed by atoms with Crippen molar-refractivity contribution in [1.29, 1.82) is 0 Å². The zero-order valence-corrected chi connectivity index (χ0v) is 45.7. The van der Waals surface area contributed by atoms with Gasteiger partial charge in [0.1, 0.15) is 54.6 Å². The van der Waals surface area contributed by atoms with Crippen molar-refractivity contribution in [3.8, 4) is 5.75 Å². The van der Waals surface area contributed by atoms with Crippen LogP contribution in [0.25, 0.3) is 0 Å². The minimum Gasteiger partial charge on any atom is -0.459 e. The number of carbonyl (C=O) groups is 1. The molecule has 3 fully saturated rings. The molecule has 20 atom stereocenters. The number of nitrogens with zero attached hydrogens (tertiary/aromatic N) is 5. The van der Waals surface area contributed by atoms with Crippen LogP contribution < -0.4 is 4.74 Å². The first-order chi connectivity index (χ1) is 34.6. The van der Waals surface area contributed by atoms with E-state index in [4.69, 9.17) is 33.2 Å². The number of aromatic nitrogens is 3. The smallest absolute Gasteiger partial charge is 0.387 e. The quantitative estimate of drug-likeness (QED) is 0.136. The zero-order valence-electron chi connectivity index (χ0n) is 45.7. The van der Waals surface area contributed by atoms with E-state index in [-0.39, 0.29) is 30.9 Å². The summed E-state index contributed by atoms with van der Waals surface area (Å²) in [7, 11) is 6.54. The van der Waals surface area contributed by atoms with Crippen molar-refractivity contribution >= 4 is 5.97 Å². The summed E-state index contributed by atoms with van der Waals surface area (Å²) in [6.07, 6.45) is -8.69. The van der Waals surface area contributed by atoms with E-state index in [2.05, 4.69) is 15.0 Å². The van der Waals surface area contributed by atoms with Gasteiger partial charge in [-0.05, 0) is 105 Å². The van der Waals surface area contributed by atoms with E-state index in [1.165, 1.54) is 50.1 Å². The van der Waals surface area contributed by atoms with Crippen molar-refractivity contribution in [2.24, 2.45) is 17.8 Å². The molecular weight excluding hydrogens is 976 g/mol. The summed E-state index contributed by atoms with van der Waals surface area (Å²) in [5.41, 5.74) is -3.61. The predicted octanol–water partition coefficient (Wildman–Crippen LogP) is 4.60. The average molecular weight is 1060 g/mol. The van der Waals surface area contributed by atoms with Gasteiger partial charge in [-0.3, -0.25) is 4.79 Å². The van der Waals surface area contributed by atoms with Gasteiger partial charge in [0.2, 0.25) is 0 Å². The van der Waals surface area contributed by atoms with Gasteiger partial charge >= 0.3 is 12.6 Å². The third-order valence-corrected chi connectivity index (χ3v) is 15.9. The maximum absolute atomic E-state index is 14.7.